The lowest BCUT2D eigenvalue weighted by Crippen LogP contribution is -2.43. The fraction of sp³-hybridized carbons (Fsp3) is 0.500. The van der Waals surface area contributed by atoms with Gasteiger partial charge in [-0.05, 0) is 12.1 Å². The summed E-state index contributed by atoms with van der Waals surface area (Å²) in [4.78, 5) is 2.23. The van der Waals surface area contributed by atoms with Crippen LogP contribution in [-0.2, 0) is 6.54 Å². The van der Waals surface area contributed by atoms with Crippen molar-refractivity contribution in [3.05, 3.63) is 29.6 Å². The van der Waals surface area contributed by atoms with Crippen LogP contribution in [0.1, 0.15) is 5.56 Å². The highest BCUT2D eigenvalue weighted by Gasteiger charge is 2.15. The van der Waals surface area contributed by atoms with Gasteiger partial charge in [0.2, 0.25) is 0 Å². The average Bonchev–Trinajstić information content (AvgIpc) is 2.33. The number of hydrogen-bond acceptors (Lipinski definition) is 3. The number of rotatable bonds is 3. The van der Waals surface area contributed by atoms with E-state index in [4.69, 9.17) is 4.74 Å². The molecule has 1 aliphatic rings. The first kappa shape index (κ1) is 11.4. The van der Waals surface area contributed by atoms with Crippen LogP contribution in [0.15, 0.2) is 18.2 Å². The van der Waals surface area contributed by atoms with Crippen molar-refractivity contribution in [3.8, 4) is 5.75 Å². The van der Waals surface area contributed by atoms with Crippen molar-refractivity contribution in [2.75, 3.05) is 33.3 Å². The van der Waals surface area contributed by atoms with E-state index in [0.29, 0.717) is 17.9 Å². The molecule has 0 aliphatic carbocycles. The summed E-state index contributed by atoms with van der Waals surface area (Å²) in [7, 11) is 1.58. The minimum absolute atomic E-state index is 0.183. The minimum atomic E-state index is -0.183. The van der Waals surface area contributed by atoms with Crippen molar-refractivity contribution < 1.29 is 9.13 Å². The lowest BCUT2D eigenvalue weighted by atomic mass is 10.1. The largest absolute Gasteiger partial charge is 0.496 e. The second-order valence-electron chi connectivity index (χ2n) is 3.95. The Kier molecular flexibility index (Phi) is 3.74. The van der Waals surface area contributed by atoms with E-state index >= 15 is 0 Å². The molecule has 1 heterocycles. The SMILES string of the molecule is COc1cccc(F)c1CN1CCNCC1. The fourth-order valence-electron chi connectivity index (χ4n) is 1.98. The average molecular weight is 224 g/mol. The van der Waals surface area contributed by atoms with E-state index in [1.54, 1.807) is 19.2 Å². The monoisotopic (exact) mass is 224 g/mol. The first-order chi connectivity index (χ1) is 7.81. The third kappa shape index (κ3) is 2.51. The molecule has 1 N–H and O–H groups in total. The Labute approximate surface area is 95.2 Å². The fourth-order valence-corrected chi connectivity index (χ4v) is 1.98. The van der Waals surface area contributed by atoms with Crippen LogP contribution in [-0.4, -0.2) is 38.2 Å². The molecule has 1 fully saturated rings. The summed E-state index contributed by atoms with van der Waals surface area (Å²) < 4.78 is 18.9. The van der Waals surface area contributed by atoms with Gasteiger partial charge in [0.25, 0.3) is 0 Å². The quantitative estimate of drug-likeness (QED) is 0.836. The summed E-state index contributed by atoms with van der Waals surface area (Å²) in [6, 6.07) is 4.97. The number of benzene rings is 1. The molecule has 3 nitrogen and oxygen atoms in total. The zero-order valence-corrected chi connectivity index (χ0v) is 9.50. The van der Waals surface area contributed by atoms with Gasteiger partial charge in [-0.3, -0.25) is 4.90 Å². The van der Waals surface area contributed by atoms with Crippen molar-refractivity contribution in [1.82, 2.24) is 10.2 Å². The first-order valence-corrected chi connectivity index (χ1v) is 5.55. The summed E-state index contributed by atoms with van der Waals surface area (Å²) in [5, 5.41) is 3.28. The molecule has 0 unspecified atom stereocenters. The van der Waals surface area contributed by atoms with Crippen LogP contribution in [0.25, 0.3) is 0 Å². The molecule has 1 aromatic carbocycles. The number of hydrogen-bond donors (Lipinski definition) is 1. The number of ether oxygens (including phenoxy) is 1. The smallest absolute Gasteiger partial charge is 0.131 e. The maximum absolute atomic E-state index is 13.7. The van der Waals surface area contributed by atoms with E-state index in [2.05, 4.69) is 10.2 Å². The molecular formula is C12H17FN2O. The topological polar surface area (TPSA) is 24.5 Å². The highest BCUT2D eigenvalue weighted by molar-refractivity contribution is 5.34. The van der Waals surface area contributed by atoms with E-state index in [1.807, 2.05) is 0 Å². The van der Waals surface area contributed by atoms with Gasteiger partial charge in [0.1, 0.15) is 11.6 Å². The summed E-state index contributed by atoms with van der Waals surface area (Å²) in [5.74, 6) is 0.455. The van der Waals surface area contributed by atoms with E-state index < -0.39 is 0 Å². The molecule has 0 saturated carbocycles. The molecule has 0 amide bonds. The second-order valence-corrected chi connectivity index (χ2v) is 3.95. The lowest BCUT2D eigenvalue weighted by Gasteiger charge is -2.27. The summed E-state index contributed by atoms with van der Waals surface area (Å²) in [5.41, 5.74) is 0.659. The number of nitrogens with zero attached hydrogens (tertiary/aromatic N) is 1. The van der Waals surface area contributed by atoms with Crippen molar-refractivity contribution in [1.29, 1.82) is 0 Å². The van der Waals surface area contributed by atoms with Gasteiger partial charge >= 0.3 is 0 Å². The molecular weight excluding hydrogens is 207 g/mol. The molecule has 0 aromatic heterocycles. The van der Waals surface area contributed by atoms with Crippen molar-refractivity contribution >= 4 is 0 Å². The van der Waals surface area contributed by atoms with Crippen LogP contribution in [0.5, 0.6) is 5.75 Å². The predicted molar refractivity (Wildman–Crippen MR) is 61.1 cm³/mol. The maximum Gasteiger partial charge on any atom is 0.131 e. The van der Waals surface area contributed by atoms with Crippen molar-refractivity contribution in [2.45, 2.75) is 6.54 Å². The van der Waals surface area contributed by atoms with Gasteiger partial charge in [0.05, 0.1) is 7.11 Å². The zero-order chi connectivity index (χ0) is 11.4. The molecule has 0 bridgehead atoms. The third-order valence-corrected chi connectivity index (χ3v) is 2.89. The van der Waals surface area contributed by atoms with Gasteiger partial charge in [-0.15, -0.1) is 0 Å². The zero-order valence-electron chi connectivity index (χ0n) is 9.50. The molecule has 88 valence electrons. The molecule has 0 spiro atoms. The van der Waals surface area contributed by atoms with E-state index in [-0.39, 0.29) is 5.82 Å². The van der Waals surface area contributed by atoms with Gasteiger partial charge in [-0.1, -0.05) is 6.07 Å². The lowest BCUT2D eigenvalue weighted by molar-refractivity contribution is 0.227. The predicted octanol–water partition coefficient (Wildman–Crippen LogP) is 1.24. The Balaban J connectivity index is 2.12. The molecule has 0 radical (unpaired) electrons. The van der Waals surface area contributed by atoms with Crippen LogP contribution >= 0.6 is 0 Å². The number of nitrogens with one attached hydrogen (secondary N) is 1. The van der Waals surface area contributed by atoms with Crippen LogP contribution in [0.3, 0.4) is 0 Å². The Morgan fingerprint density at radius 2 is 2.12 bits per heavy atom. The summed E-state index contributed by atoms with van der Waals surface area (Å²) in [6.45, 7) is 4.47. The minimum Gasteiger partial charge on any atom is -0.496 e. The third-order valence-electron chi connectivity index (χ3n) is 2.89. The maximum atomic E-state index is 13.7. The van der Waals surface area contributed by atoms with E-state index in [0.717, 1.165) is 26.2 Å². The molecule has 16 heavy (non-hydrogen) atoms. The first-order valence-electron chi connectivity index (χ1n) is 5.55. The van der Waals surface area contributed by atoms with Crippen LogP contribution in [0.2, 0.25) is 0 Å². The van der Waals surface area contributed by atoms with Crippen molar-refractivity contribution in [2.24, 2.45) is 0 Å². The van der Waals surface area contributed by atoms with Gasteiger partial charge in [-0.25, -0.2) is 4.39 Å². The Morgan fingerprint density at radius 1 is 1.38 bits per heavy atom. The standard InChI is InChI=1S/C12H17FN2O/c1-16-12-4-2-3-11(13)10(12)9-15-7-5-14-6-8-15/h2-4,14H,5-9H2,1H3. The Hall–Kier alpha value is -1.13. The highest BCUT2D eigenvalue weighted by Crippen LogP contribution is 2.22. The number of halogens is 1. The Bertz CT molecular complexity index is 351. The highest BCUT2D eigenvalue weighted by atomic mass is 19.1. The number of methoxy groups -OCH3 is 1. The summed E-state index contributed by atoms with van der Waals surface area (Å²) in [6.07, 6.45) is 0. The molecule has 4 heteroatoms. The molecule has 1 aliphatic heterocycles. The van der Waals surface area contributed by atoms with E-state index in [9.17, 15) is 4.39 Å². The number of piperazine rings is 1. The van der Waals surface area contributed by atoms with Gasteiger partial charge in [0, 0.05) is 38.3 Å². The molecule has 0 atom stereocenters. The molecule has 1 aromatic rings. The van der Waals surface area contributed by atoms with E-state index in [1.165, 1.54) is 6.07 Å². The van der Waals surface area contributed by atoms with Crippen LogP contribution < -0.4 is 10.1 Å². The molecule has 2 rings (SSSR count). The van der Waals surface area contributed by atoms with Gasteiger partial charge in [-0.2, -0.15) is 0 Å². The second kappa shape index (κ2) is 5.27. The van der Waals surface area contributed by atoms with Crippen LogP contribution in [0, 0.1) is 5.82 Å². The van der Waals surface area contributed by atoms with Crippen LogP contribution in [0.4, 0.5) is 4.39 Å². The summed E-state index contributed by atoms with van der Waals surface area (Å²) >= 11 is 0. The normalized spacial score (nSPS) is 17.4. The Morgan fingerprint density at radius 3 is 2.81 bits per heavy atom. The molecule has 1 saturated heterocycles. The van der Waals surface area contributed by atoms with Gasteiger partial charge in [0.15, 0.2) is 0 Å². The van der Waals surface area contributed by atoms with Gasteiger partial charge < -0.3 is 10.1 Å². The van der Waals surface area contributed by atoms with Crippen molar-refractivity contribution in [3.63, 3.8) is 0 Å².